The van der Waals surface area contributed by atoms with Crippen LogP contribution >= 0.6 is 11.6 Å². The Bertz CT molecular complexity index is 1110. The SMILES string of the molecule is Cc1cc(Cl)ccc1Nc1cc(-c2nnn(C)n2)nc(Cc2ccccc2)n1. The lowest BCUT2D eigenvalue weighted by atomic mass is 10.1. The Morgan fingerprint density at radius 1 is 1.04 bits per heavy atom. The van der Waals surface area contributed by atoms with E-state index in [-0.39, 0.29) is 0 Å². The van der Waals surface area contributed by atoms with Gasteiger partial charge in [-0.25, -0.2) is 9.97 Å². The molecule has 0 radical (unpaired) electrons. The Labute approximate surface area is 167 Å². The van der Waals surface area contributed by atoms with Crippen molar-refractivity contribution in [2.75, 3.05) is 5.32 Å². The number of tetrazole rings is 1. The standard InChI is InChI=1S/C20H18ClN7/c1-13-10-15(21)8-9-16(13)22-19-12-17(20-25-27-28(2)26-20)23-18(24-19)11-14-6-4-3-5-7-14/h3-10,12H,11H2,1-2H3,(H,22,23,24). The lowest BCUT2D eigenvalue weighted by Gasteiger charge is -2.11. The number of nitrogens with zero attached hydrogens (tertiary/aromatic N) is 6. The van der Waals surface area contributed by atoms with Gasteiger partial charge in [-0.15, -0.1) is 10.2 Å². The predicted molar refractivity (Wildman–Crippen MR) is 109 cm³/mol. The van der Waals surface area contributed by atoms with Gasteiger partial charge in [0.05, 0.1) is 7.05 Å². The Hall–Kier alpha value is -3.32. The molecule has 0 aliphatic carbocycles. The summed E-state index contributed by atoms with van der Waals surface area (Å²) in [7, 11) is 1.72. The van der Waals surface area contributed by atoms with Crippen molar-refractivity contribution < 1.29 is 0 Å². The number of hydrogen-bond donors (Lipinski definition) is 1. The summed E-state index contributed by atoms with van der Waals surface area (Å²) in [6, 6.07) is 17.6. The quantitative estimate of drug-likeness (QED) is 0.554. The van der Waals surface area contributed by atoms with Gasteiger partial charge in [0.25, 0.3) is 0 Å². The van der Waals surface area contributed by atoms with Gasteiger partial charge >= 0.3 is 0 Å². The van der Waals surface area contributed by atoms with E-state index in [1.54, 1.807) is 7.05 Å². The molecule has 0 atom stereocenters. The second-order valence-corrected chi connectivity index (χ2v) is 6.84. The molecule has 0 saturated heterocycles. The molecule has 28 heavy (non-hydrogen) atoms. The van der Waals surface area contributed by atoms with Crippen LogP contribution in [-0.2, 0) is 13.5 Å². The number of hydrogen-bond acceptors (Lipinski definition) is 6. The van der Waals surface area contributed by atoms with E-state index >= 15 is 0 Å². The van der Waals surface area contributed by atoms with Crippen LogP contribution < -0.4 is 5.32 Å². The zero-order valence-electron chi connectivity index (χ0n) is 15.5. The second kappa shape index (κ2) is 7.74. The van der Waals surface area contributed by atoms with Gasteiger partial charge in [-0.3, -0.25) is 0 Å². The Morgan fingerprint density at radius 3 is 2.57 bits per heavy atom. The summed E-state index contributed by atoms with van der Waals surface area (Å²) in [5, 5.41) is 16.3. The minimum absolute atomic E-state index is 0.454. The number of nitrogens with one attached hydrogen (secondary N) is 1. The van der Waals surface area contributed by atoms with Crippen molar-refractivity contribution in [2.24, 2.45) is 7.05 Å². The van der Waals surface area contributed by atoms with Crippen molar-refractivity contribution >= 4 is 23.1 Å². The van der Waals surface area contributed by atoms with Crippen LogP contribution in [0.1, 0.15) is 17.0 Å². The molecule has 0 unspecified atom stereocenters. The first-order valence-electron chi connectivity index (χ1n) is 8.76. The van der Waals surface area contributed by atoms with Crippen LogP contribution in [0.4, 0.5) is 11.5 Å². The number of aryl methyl sites for hydroxylation is 2. The first-order chi connectivity index (χ1) is 13.6. The minimum atomic E-state index is 0.454. The number of benzene rings is 2. The molecular formula is C20H18ClN7. The van der Waals surface area contributed by atoms with Crippen molar-refractivity contribution in [3.63, 3.8) is 0 Å². The Kier molecular flexibility index (Phi) is 4.99. The third-order valence-electron chi connectivity index (χ3n) is 4.17. The highest BCUT2D eigenvalue weighted by molar-refractivity contribution is 6.30. The van der Waals surface area contributed by atoms with E-state index < -0.39 is 0 Å². The van der Waals surface area contributed by atoms with Crippen molar-refractivity contribution in [3.05, 3.63) is 76.6 Å². The van der Waals surface area contributed by atoms with Crippen LogP contribution in [0, 0.1) is 6.92 Å². The van der Waals surface area contributed by atoms with Gasteiger partial charge in [-0.1, -0.05) is 41.9 Å². The van der Waals surface area contributed by atoms with Crippen LogP contribution in [-0.4, -0.2) is 30.2 Å². The third kappa shape index (κ3) is 4.15. The molecule has 4 rings (SSSR count). The molecule has 140 valence electrons. The molecule has 2 heterocycles. The smallest absolute Gasteiger partial charge is 0.223 e. The van der Waals surface area contributed by atoms with Gasteiger partial charge in [-0.2, -0.15) is 4.80 Å². The molecule has 0 aliphatic rings. The van der Waals surface area contributed by atoms with Crippen LogP contribution in [0.15, 0.2) is 54.6 Å². The van der Waals surface area contributed by atoms with E-state index in [1.165, 1.54) is 4.80 Å². The molecule has 7 nitrogen and oxygen atoms in total. The molecule has 0 aliphatic heterocycles. The molecule has 4 aromatic rings. The monoisotopic (exact) mass is 391 g/mol. The van der Waals surface area contributed by atoms with E-state index in [1.807, 2.05) is 61.5 Å². The van der Waals surface area contributed by atoms with Gasteiger partial charge in [0.15, 0.2) is 0 Å². The normalized spacial score (nSPS) is 10.8. The zero-order chi connectivity index (χ0) is 19.5. The summed E-state index contributed by atoms with van der Waals surface area (Å²) in [5.41, 5.74) is 3.69. The molecule has 0 spiro atoms. The lowest BCUT2D eigenvalue weighted by Crippen LogP contribution is -2.04. The highest BCUT2D eigenvalue weighted by Crippen LogP contribution is 2.25. The fraction of sp³-hybridized carbons (Fsp3) is 0.150. The van der Waals surface area contributed by atoms with Gasteiger partial charge in [-0.05, 0) is 41.5 Å². The van der Waals surface area contributed by atoms with Gasteiger partial charge < -0.3 is 5.32 Å². The molecule has 2 aromatic heterocycles. The average Bonchev–Trinajstić information content (AvgIpc) is 3.11. The lowest BCUT2D eigenvalue weighted by molar-refractivity contribution is 0.630. The maximum absolute atomic E-state index is 6.06. The highest BCUT2D eigenvalue weighted by atomic mass is 35.5. The average molecular weight is 392 g/mol. The highest BCUT2D eigenvalue weighted by Gasteiger charge is 2.12. The number of anilines is 2. The van der Waals surface area contributed by atoms with Gasteiger partial charge in [0.2, 0.25) is 5.82 Å². The first kappa shape index (κ1) is 18.1. The third-order valence-corrected chi connectivity index (χ3v) is 4.40. The molecule has 8 heteroatoms. The van der Waals surface area contributed by atoms with Crippen molar-refractivity contribution in [1.29, 1.82) is 0 Å². The fourth-order valence-electron chi connectivity index (χ4n) is 2.83. The van der Waals surface area contributed by atoms with Crippen LogP contribution in [0.5, 0.6) is 0 Å². The summed E-state index contributed by atoms with van der Waals surface area (Å²) in [5.74, 6) is 1.79. The molecule has 0 fully saturated rings. The minimum Gasteiger partial charge on any atom is -0.340 e. The molecule has 0 saturated carbocycles. The summed E-state index contributed by atoms with van der Waals surface area (Å²) in [6.45, 7) is 1.99. The Balaban J connectivity index is 1.72. The molecule has 0 amide bonds. The molecule has 2 aromatic carbocycles. The maximum Gasteiger partial charge on any atom is 0.223 e. The summed E-state index contributed by atoms with van der Waals surface area (Å²) >= 11 is 6.06. The van der Waals surface area contributed by atoms with Gasteiger partial charge in [0.1, 0.15) is 17.3 Å². The van der Waals surface area contributed by atoms with E-state index in [0.717, 1.165) is 16.8 Å². The topological polar surface area (TPSA) is 81.4 Å². The Morgan fingerprint density at radius 2 is 1.86 bits per heavy atom. The van der Waals surface area contributed by atoms with Crippen LogP contribution in [0.3, 0.4) is 0 Å². The van der Waals surface area contributed by atoms with E-state index in [2.05, 4.69) is 30.7 Å². The molecule has 1 N–H and O–H groups in total. The fourth-order valence-corrected chi connectivity index (χ4v) is 3.05. The molecular weight excluding hydrogens is 374 g/mol. The van der Waals surface area contributed by atoms with Crippen LogP contribution in [0.25, 0.3) is 11.5 Å². The predicted octanol–water partition coefficient (Wildman–Crippen LogP) is 3.96. The number of rotatable bonds is 5. The van der Waals surface area contributed by atoms with E-state index in [0.29, 0.717) is 34.6 Å². The van der Waals surface area contributed by atoms with E-state index in [9.17, 15) is 0 Å². The van der Waals surface area contributed by atoms with Crippen LogP contribution in [0.2, 0.25) is 5.02 Å². The maximum atomic E-state index is 6.06. The molecule has 0 bridgehead atoms. The second-order valence-electron chi connectivity index (χ2n) is 6.40. The number of aromatic nitrogens is 6. The largest absolute Gasteiger partial charge is 0.340 e. The van der Waals surface area contributed by atoms with E-state index in [4.69, 9.17) is 11.6 Å². The van der Waals surface area contributed by atoms with Crippen molar-refractivity contribution in [1.82, 2.24) is 30.2 Å². The van der Waals surface area contributed by atoms with Crippen molar-refractivity contribution in [3.8, 4) is 11.5 Å². The number of halogens is 1. The summed E-state index contributed by atoms with van der Waals surface area (Å²) < 4.78 is 0. The summed E-state index contributed by atoms with van der Waals surface area (Å²) in [4.78, 5) is 10.7. The summed E-state index contributed by atoms with van der Waals surface area (Å²) in [6.07, 6.45) is 0.600. The first-order valence-corrected chi connectivity index (χ1v) is 9.14. The van der Waals surface area contributed by atoms with Gasteiger partial charge in [0, 0.05) is 23.2 Å². The van der Waals surface area contributed by atoms with Crippen molar-refractivity contribution in [2.45, 2.75) is 13.3 Å². The zero-order valence-corrected chi connectivity index (χ0v) is 16.2.